The van der Waals surface area contributed by atoms with E-state index >= 15 is 0 Å². The number of rotatable bonds is 6. The van der Waals surface area contributed by atoms with Gasteiger partial charge in [0.2, 0.25) is 0 Å². The fourth-order valence-corrected chi connectivity index (χ4v) is 2.70. The Morgan fingerprint density at radius 2 is 2.00 bits per heavy atom. The van der Waals surface area contributed by atoms with E-state index in [1.54, 1.807) is 0 Å². The van der Waals surface area contributed by atoms with Crippen LogP contribution in [0.25, 0.3) is 10.9 Å². The largest absolute Gasteiger partial charge is 0.392 e. The topological polar surface area (TPSA) is 50.1 Å². The van der Waals surface area contributed by atoms with Crippen LogP contribution in [0.2, 0.25) is 0 Å². The number of nitrogens with zero attached hydrogens (tertiary/aromatic N) is 2. The standard InChI is InChI=1S/C17H27N3O/c1-5-20-16-9-7-6-8-14(16)15(19-20)12-18-11-13(21)10-17(2,3)4/h6-9,13,18,21H,5,10-12H2,1-4H3. The van der Waals surface area contributed by atoms with E-state index in [1.807, 2.05) is 16.8 Å². The molecular formula is C17H27N3O. The highest BCUT2D eigenvalue weighted by Gasteiger charge is 2.16. The van der Waals surface area contributed by atoms with Crippen LogP contribution in [0.1, 0.15) is 39.8 Å². The molecule has 2 rings (SSSR count). The molecular weight excluding hydrogens is 262 g/mol. The third-order valence-electron chi connectivity index (χ3n) is 3.55. The molecule has 0 bridgehead atoms. The van der Waals surface area contributed by atoms with Crippen LogP contribution >= 0.6 is 0 Å². The van der Waals surface area contributed by atoms with E-state index in [-0.39, 0.29) is 11.5 Å². The van der Waals surface area contributed by atoms with Gasteiger partial charge >= 0.3 is 0 Å². The maximum absolute atomic E-state index is 10.0. The summed E-state index contributed by atoms with van der Waals surface area (Å²) in [5, 5.41) is 19.2. The predicted octanol–water partition coefficient (Wildman–Crippen LogP) is 2.94. The first-order valence-electron chi connectivity index (χ1n) is 7.74. The Balaban J connectivity index is 1.98. The van der Waals surface area contributed by atoms with Crippen LogP contribution in [0.4, 0.5) is 0 Å². The molecule has 116 valence electrons. The second-order valence-electron chi connectivity index (χ2n) is 6.83. The van der Waals surface area contributed by atoms with E-state index in [0.29, 0.717) is 13.1 Å². The van der Waals surface area contributed by atoms with Crippen LogP contribution < -0.4 is 5.32 Å². The highest BCUT2D eigenvalue weighted by molar-refractivity contribution is 5.81. The number of fused-ring (bicyclic) bond motifs is 1. The van der Waals surface area contributed by atoms with Gasteiger partial charge in [0.1, 0.15) is 0 Å². The molecule has 0 amide bonds. The first-order chi connectivity index (χ1) is 9.90. The number of para-hydroxylation sites is 1. The number of aliphatic hydroxyl groups excluding tert-OH is 1. The van der Waals surface area contributed by atoms with Crippen molar-refractivity contribution in [2.75, 3.05) is 6.54 Å². The molecule has 0 fully saturated rings. The Morgan fingerprint density at radius 1 is 1.29 bits per heavy atom. The first-order valence-corrected chi connectivity index (χ1v) is 7.74. The minimum Gasteiger partial charge on any atom is -0.392 e. The second-order valence-corrected chi connectivity index (χ2v) is 6.83. The van der Waals surface area contributed by atoms with Crippen LogP contribution in [-0.2, 0) is 13.1 Å². The lowest BCUT2D eigenvalue weighted by atomic mass is 9.89. The molecule has 21 heavy (non-hydrogen) atoms. The molecule has 1 heterocycles. The second kappa shape index (κ2) is 6.58. The number of nitrogens with one attached hydrogen (secondary N) is 1. The molecule has 4 heteroatoms. The maximum Gasteiger partial charge on any atom is 0.0841 e. The molecule has 1 aromatic heterocycles. The fourth-order valence-electron chi connectivity index (χ4n) is 2.70. The lowest BCUT2D eigenvalue weighted by Gasteiger charge is -2.22. The highest BCUT2D eigenvalue weighted by atomic mass is 16.3. The smallest absolute Gasteiger partial charge is 0.0841 e. The van der Waals surface area contributed by atoms with Crippen molar-refractivity contribution < 1.29 is 5.11 Å². The van der Waals surface area contributed by atoms with Crippen LogP contribution in [0, 0.1) is 5.41 Å². The third kappa shape index (κ3) is 4.29. The quantitative estimate of drug-likeness (QED) is 0.859. The summed E-state index contributed by atoms with van der Waals surface area (Å²) in [5.74, 6) is 0. The SMILES string of the molecule is CCn1nc(CNCC(O)CC(C)(C)C)c2ccccc21. The zero-order valence-corrected chi connectivity index (χ0v) is 13.6. The summed E-state index contributed by atoms with van der Waals surface area (Å²) in [7, 11) is 0. The number of aryl methyl sites for hydroxylation is 1. The van der Waals surface area contributed by atoms with E-state index in [9.17, 15) is 5.11 Å². The van der Waals surface area contributed by atoms with Gasteiger partial charge in [0.15, 0.2) is 0 Å². The van der Waals surface area contributed by atoms with Gasteiger partial charge in [-0.25, -0.2) is 0 Å². The molecule has 1 unspecified atom stereocenters. The van der Waals surface area contributed by atoms with Crippen molar-refractivity contribution in [2.24, 2.45) is 5.41 Å². The summed E-state index contributed by atoms with van der Waals surface area (Å²) >= 11 is 0. The summed E-state index contributed by atoms with van der Waals surface area (Å²) in [6.45, 7) is 10.7. The molecule has 0 aliphatic heterocycles. The lowest BCUT2D eigenvalue weighted by Crippen LogP contribution is -2.30. The summed E-state index contributed by atoms with van der Waals surface area (Å²) in [5.41, 5.74) is 2.37. The van der Waals surface area contributed by atoms with Gasteiger partial charge in [0.05, 0.1) is 17.3 Å². The van der Waals surface area contributed by atoms with Crippen molar-refractivity contribution in [3.8, 4) is 0 Å². The van der Waals surface area contributed by atoms with Gasteiger partial charge in [-0.1, -0.05) is 39.0 Å². The highest BCUT2D eigenvalue weighted by Crippen LogP contribution is 2.21. The van der Waals surface area contributed by atoms with Crippen LogP contribution in [-0.4, -0.2) is 27.5 Å². The van der Waals surface area contributed by atoms with E-state index < -0.39 is 0 Å². The number of aliphatic hydroxyl groups is 1. The number of hydrogen-bond acceptors (Lipinski definition) is 3. The first kappa shape index (κ1) is 16.0. The zero-order valence-electron chi connectivity index (χ0n) is 13.6. The molecule has 2 N–H and O–H groups in total. The van der Waals surface area contributed by atoms with Crippen molar-refractivity contribution >= 4 is 10.9 Å². The molecule has 0 spiro atoms. The van der Waals surface area contributed by atoms with Crippen LogP contribution in [0.5, 0.6) is 0 Å². The molecule has 0 aliphatic rings. The van der Waals surface area contributed by atoms with Gasteiger partial charge in [0, 0.05) is 25.0 Å². The maximum atomic E-state index is 10.0. The van der Waals surface area contributed by atoms with E-state index in [2.05, 4.69) is 50.2 Å². The molecule has 0 saturated heterocycles. The lowest BCUT2D eigenvalue weighted by molar-refractivity contribution is 0.119. The molecule has 4 nitrogen and oxygen atoms in total. The van der Waals surface area contributed by atoms with E-state index in [0.717, 1.165) is 18.7 Å². The van der Waals surface area contributed by atoms with Gasteiger partial charge < -0.3 is 10.4 Å². The average Bonchev–Trinajstić information content (AvgIpc) is 2.75. The van der Waals surface area contributed by atoms with E-state index in [1.165, 1.54) is 10.9 Å². The van der Waals surface area contributed by atoms with Gasteiger partial charge in [-0.2, -0.15) is 5.10 Å². The summed E-state index contributed by atoms with van der Waals surface area (Å²) in [6.07, 6.45) is 0.481. The van der Waals surface area contributed by atoms with Crippen molar-refractivity contribution in [3.05, 3.63) is 30.0 Å². The van der Waals surface area contributed by atoms with Crippen LogP contribution in [0.3, 0.4) is 0 Å². The van der Waals surface area contributed by atoms with Crippen molar-refractivity contribution in [1.29, 1.82) is 0 Å². The Labute approximate surface area is 127 Å². The Kier molecular flexibility index (Phi) is 5.01. The normalized spacial score (nSPS) is 13.8. The van der Waals surface area contributed by atoms with Gasteiger partial charge in [-0.05, 0) is 24.8 Å². The molecule has 0 radical (unpaired) electrons. The molecule has 2 aromatic rings. The molecule has 1 aromatic carbocycles. The van der Waals surface area contributed by atoms with Gasteiger partial charge in [0.25, 0.3) is 0 Å². The Hall–Kier alpha value is -1.39. The van der Waals surface area contributed by atoms with Gasteiger partial charge in [-0.3, -0.25) is 4.68 Å². The van der Waals surface area contributed by atoms with Crippen LogP contribution in [0.15, 0.2) is 24.3 Å². The van der Waals surface area contributed by atoms with Crippen molar-refractivity contribution in [2.45, 2.75) is 53.3 Å². The summed E-state index contributed by atoms with van der Waals surface area (Å²) < 4.78 is 2.03. The third-order valence-corrected chi connectivity index (χ3v) is 3.55. The van der Waals surface area contributed by atoms with E-state index in [4.69, 9.17) is 0 Å². The minimum atomic E-state index is -0.315. The average molecular weight is 289 g/mol. The Bertz CT molecular complexity index is 583. The minimum absolute atomic E-state index is 0.150. The fraction of sp³-hybridized carbons (Fsp3) is 0.588. The molecule has 1 atom stereocenters. The summed E-state index contributed by atoms with van der Waals surface area (Å²) in [6, 6.07) is 8.29. The van der Waals surface area contributed by atoms with Crippen molar-refractivity contribution in [1.82, 2.24) is 15.1 Å². The monoisotopic (exact) mass is 289 g/mol. The molecule has 0 aliphatic carbocycles. The number of benzene rings is 1. The molecule has 0 saturated carbocycles. The zero-order chi connectivity index (χ0) is 15.5. The summed E-state index contributed by atoms with van der Waals surface area (Å²) in [4.78, 5) is 0. The van der Waals surface area contributed by atoms with Crippen molar-refractivity contribution in [3.63, 3.8) is 0 Å². The van der Waals surface area contributed by atoms with Gasteiger partial charge in [-0.15, -0.1) is 0 Å². The Morgan fingerprint density at radius 3 is 2.67 bits per heavy atom. The number of aromatic nitrogens is 2. The predicted molar refractivity (Wildman–Crippen MR) is 87.2 cm³/mol. The number of hydrogen-bond donors (Lipinski definition) is 2.